The number of rotatable bonds is 9. The van der Waals surface area contributed by atoms with Gasteiger partial charge in [-0.15, -0.1) is 0 Å². The number of hydrogen-bond donors (Lipinski definition) is 1. The Morgan fingerprint density at radius 3 is 2.38 bits per heavy atom. The number of hydrogen-bond acceptors (Lipinski definition) is 3. The molecule has 0 saturated heterocycles. The molecule has 0 unspecified atom stereocenters. The smallest absolute Gasteiger partial charge is 0.220 e. The highest BCUT2D eigenvalue weighted by molar-refractivity contribution is 6.30. The summed E-state index contributed by atoms with van der Waals surface area (Å²) in [7, 11) is 1.63. The summed E-state index contributed by atoms with van der Waals surface area (Å²) >= 11 is 5.84. The van der Waals surface area contributed by atoms with Crippen LogP contribution in [0, 0.1) is 0 Å². The molecule has 0 heterocycles. The van der Waals surface area contributed by atoms with Gasteiger partial charge in [0.2, 0.25) is 5.91 Å². The fraction of sp³-hybridized carbons (Fsp3) is 0.316. The lowest BCUT2D eigenvalue weighted by Gasteiger charge is -2.08. The summed E-state index contributed by atoms with van der Waals surface area (Å²) in [5.74, 6) is 1.61. The molecule has 4 nitrogen and oxygen atoms in total. The van der Waals surface area contributed by atoms with Gasteiger partial charge >= 0.3 is 0 Å². The van der Waals surface area contributed by atoms with Crippen LogP contribution in [0.15, 0.2) is 48.5 Å². The summed E-state index contributed by atoms with van der Waals surface area (Å²) in [6.45, 7) is 1.14. The number of halogens is 1. The number of benzene rings is 2. The molecule has 0 atom stereocenters. The molecule has 0 radical (unpaired) electrons. The molecule has 0 aliphatic heterocycles. The highest BCUT2D eigenvalue weighted by Crippen LogP contribution is 2.17. The molecule has 2 aromatic rings. The van der Waals surface area contributed by atoms with Crippen LogP contribution < -0.4 is 14.8 Å². The molecular formula is C19H22ClNO3. The third-order valence-electron chi connectivity index (χ3n) is 3.53. The topological polar surface area (TPSA) is 47.6 Å². The van der Waals surface area contributed by atoms with Crippen LogP contribution in [0.4, 0.5) is 0 Å². The molecule has 1 amide bonds. The van der Waals surface area contributed by atoms with Crippen LogP contribution in [-0.4, -0.2) is 26.2 Å². The van der Waals surface area contributed by atoms with Gasteiger partial charge < -0.3 is 14.8 Å². The zero-order valence-electron chi connectivity index (χ0n) is 13.8. The molecule has 0 aliphatic carbocycles. The summed E-state index contributed by atoms with van der Waals surface area (Å²) < 4.78 is 10.7. The van der Waals surface area contributed by atoms with Crippen LogP contribution in [-0.2, 0) is 11.2 Å². The fourth-order valence-electron chi connectivity index (χ4n) is 2.18. The summed E-state index contributed by atoms with van der Waals surface area (Å²) in [4.78, 5) is 11.8. The zero-order valence-corrected chi connectivity index (χ0v) is 14.5. The van der Waals surface area contributed by atoms with E-state index in [1.807, 2.05) is 48.5 Å². The maximum absolute atomic E-state index is 11.8. The molecule has 2 aromatic carbocycles. The molecule has 0 aromatic heterocycles. The third-order valence-corrected chi connectivity index (χ3v) is 3.78. The van der Waals surface area contributed by atoms with Crippen LogP contribution in [0.2, 0.25) is 5.02 Å². The van der Waals surface area contributed by atoms with Crippen LogP contribution in [0.5, 0.6) is 11.5 Å². The van der Waals surface area contributed by atoms with Crippen molar-refractivity contribution in [1.29, 1.82) is 0 Å². The van der Waals surface area contributed by atoms with Crippen molar-refractivity contribution >= 4 is 17.5 Å². The summed E-state index contributed by atoms with van der Waals surface area (Å²) in [5.41, 5.74) is 1.16. The second kappa shape index (κ2) is 9.83. The number of amides is 1. The van der Waals surface area contributed by atoms with Crippen LogP contribution >= 0.6 is 11.6 Å². The Balaban J connectivity index is 1.56. The Bertz CT molecular complexity index is 626. The predicted molar refractivity (Wildman–Crippen MR) is 95.9 cm³/mol. The molecule has 0 aliphatic rings. The van der Waals surface area contributed by atoms with Crippen molar-refractivity contribution in [3.63, 3.8) is 0 Å². The quantitative estimate of drug-likeness (QED) is 0.700. The molecule has 0 bridgehead atoms. The molecule has 2 rings (SSSR count). The Labute approximate surface area is 147 Å². The van der Waals surface area contributed by atoms with Crippen molar-refractivity contribution in [2.24, 2.45) is 0 Å². The van der Waals surface area contributed by atoms with Crippen LogP contribution in [0.25, 0.3) is 0 Å². The van der Waals surface area contributed by atoms with E-state index < -0.39 is 0 Å². The number of carbonyl (C=O) groups is 1. The van der Waals surface area contributed by atoms with Crippen molar-refractivity contribution in [3.8, 4) is 11.5 Å². The van der Waals surface area contributed by atoms with Gasteiger partial charge in [-0.25, -0.2) is 0 Å². The minimum absolute atomic E-state index is 0.0438. The Hall–Kier alpha value is -2.20. The second-order valence-corrected chi connectivity index (χ2v) is 5.79. The minimum atomic E-state index is 0.0438. The first-order valence-corrected chi connectivity index (χ1v) is 8.33. The average molecular weight is 348 g/mol. The standard InChI is InChI=1S/C19H22ClNO3/c1-23-17-8-10-18(11-9-17)24-14-2-3-19(22)21-13-12-15-4-6-16(20)7-5-15/h4-11H,2-3,12-14H2,1H3,(H,21,22). The van der Waals surface area contributed by atoms with Gasteiger partial charge in [0, 0.05) is 18.0 Å². The summed E-state index contributed by atoms with van der Waals surface area (Å²) in [6, 6.07) is 15.0. The van der Waals surface area contributed by atoms with E-state index >= 15 is 0 Å². The number of nitrogens with one attached hydrogen (secondary N) is 1. The predicted octanol–water partition coefficient (Wildman–Crippen LogP) is 3.87. The van der Waals surface area contributed by atoms with E-state index in [-0.39, 0.29) is 5.91 Å². The van der Waals surface area contributed by atoms with Gasteiger partial charge in [-0.1, -0.05) is 23.7 Å². The van der Waals surface area contributed by atoms with Crippen molar-refractivity contribution in [2.45, 2.75) is 19.3 Å². The largest absolute Gasteiger partial charge is 0.497 e. The van der Waals surface area contributed by atoms with E-state index in [4.69, 9.17) is 21.1 Å². The van der Waals surface area contributed by atoms with Gasteiger partial charge in [-0.2, -0.15) is 0 Å². The Morgan fingerprint density at radius 2 is 1.71 bits per heavy atom. The second-order valence-electron chi connectivity index (χ2n) is 5.35. The van der Waals surface area contributed by atoms with E-state index in [0.717, 1.165) is 28.5 Å². The first kappa shape index (κ1) is 18.1. The molecule has 0 fully saturated rings. The highest BCUT2D eigenvalue weighted by Gasteiger charge is 2.02. The van der Waals surface area contributed by atoms with E-state index in [2.05, 4.69) is 5.32 Å². The lowest BCUT2D eigenvalue weighted by atomic mass is 10.1. The molecule has 128 valence electrons. The maximum Gasteiger partial charge on any atom is 0.220 e. The van der Waals surface area contributed by atoms with Crippen LogP contribution in [0.1, 0.15) is 18.4 Å². The van der Waals surface area contributed by atoms with Gasteiger partial charge in [0.05, 0.1) is 13.7 Å². The Kier molecular flexibility index (Phi) is 7.43. The van der Waals surface area contributed by atoms with Crippen LogP contribution in [0.3, 0.4) is 0 Å². The molecule has 1 N–H and O–H groups in total. The van der Waals surface area contributed by atoms with Gasteiger partial charge in [0.25, 0.3) is 0 Å². The lowest BCUT2D eigenvalue weighted by Crippen LogP contribution is -2.25. The first-order chi connectivity index (χ1) is 11.7. The van der Waals surface area contributed by atoms with Crippen molar-refractivity contribution in [1.82, 2.24) is 5.32 Å². The summed E-state index contributed by atoms with van der Waals surface area (Å²) in [6.07, 6.45) is 1.93. The first-order valence-electron chi connectivity index (χ1n) is 7.95. The number of ether oxygens (including phenoxy) is 2. The molecular weight excluding hydrogens is 326 g/mol. The van der Waals surface area contributed by atoms with E-state index in [1.54, 1.807) is 7.11 Å². The molecule has 24 heavy (non-hydrogen) atoms. The van der Waals surface area contributed by atoms with Gasteiger partial charge in [-0.05, 0) is 54.8 Å². The third kappa shape index (κ3) is 6.50. The Morgan fingerprint density at radius 1 is 1.04 bits per heavy atom. The number of methoxy groups -OCH3 is 1. The van der Waals surface area contributed by atoms with E-state index in [9.17, 15) is 4.79 Å². The van der Waals surface area contributed by atoms with Crippen molar-refractivity contribution in [2.75, 3.05) is 20.3 Å². The summed E-state index contributed by atoms with van der Waals surface area (Å²) in [5, 5.41) is 3.64. The van der Waals surface area contributed by atoms with E-state index in [1.165, 1.54) is 0 Å². The fourth-order valence-corrected chi connectivity index (χ4v) is 2.31. The minimum Gasteiger partial charge on any atom is -0.497 e. The zero-order chi connectivity index (χ0) is 17.2. The van der Waals surface area contributed by atoms with Gasteiger partial charge in [0.1, 0.15) is 11.5 Å². The van der Waals surface area contributed by atoms with Crippen molar-refractivity contribution < 1.29 is 14.3 Å². The lowest BCUT2D eigenvalue weighted by molar-refractivity contribution is -0.121. The van der Waals surface area contributed by atoms with Crippen molar-refractivity contribution in [3.05, 3.63) is 59.1 Å². The maximum atomic E-state index is 11.8. The normalized spacial score (nSPS) is 10.2. The molecule has 0 spiro atoms. The number of carbonyl (C=O) groups excluding carboxylic acids is 1. The highest BCUT2D eigenvalue weighted by atomic mass is 35.5. The van der Waals surface area contributed by atoms with E-state index in [0.29, 0.717) is 26.0 Å². The SMILES string of the molecule is COc1ccc(OCCCC(=O)NCCc2ccc(Cl)cc2)cc1. The molecule has 5 heteroatoms. The van der Waals surface area contributed by atoms with Gasteiger partial charge in [0.15, 0.2) is 0 Å². The monoisotopic (exact) mass is 347 g/mol. The average Bonchev–Trinajstić information content (AvgIpc) is 2.61. The van der Waals surface area contributed by atoms with Gasteiger partial charge in [-0.3, -0.25) is 4.79 Å². The molecule has 0 saturated carbocycles.